The fourth-order valence-corrected chi connectivity index (χ4v) is 3.32. The van der Waals surface area contributed by atoms with Crippen LogP contribution in [0.2, 0.25) is 0 Å². The van der Waals surface area contributed by atoms with E-state index in [9.17, 15) is 9.90 Å². The van der Waals surface area contributed by atoms with Gasteiger partial charge in [-0.2, -0.15) is 0 Å². The summed E-state index contributed by atoms with van der Waals surface area (Å²) in [6.07, 6.45) is 2.49. The van der Waals surface area contributed by atoms with E-state index in [-0.39, 0.29) is 11.5 Å². The zero-order chi connectivity index (χ0) is 14.0. The van der Waals surface area contributed by atoms with E-state index < -0.39 is 0 Å². The number of ketones is 1. The second-order valence-electron chi connectivity index (χ2n) is 4.54. The Morgan fingerprint density at radius 3 is 2.58 bits per heavy atom. The summed E-state index contributed by atoms with van der Waals surface area (Å²) in [5.74, 6) is 0.386. The van der Waals surface area contributed by atoms with Crippen LogP contribution in [0.4, 0.5) is 0 Å². The number of halogens is 2. The first-order valence-corrected chi connectivity index (χ1v) is 7.74. The molecule has 0 amide bonds. The number of carbonyl (C=O) groups is 1. The summed E-state index contributed by atoms with van der Waals surface area (Å²) in [6.45, 7) is 4.59. The molecule has 0 bridgehead atoms. The molecular weight excluding hydrogens is 374 g/mol. The average Bonchev–Trinajstić information content (AvgIpc) is 2.38. The number of rotatable bonds is 2. The van der Waals surface area contributed by atoms with Crippen LogP contribution in [0.1, 0.15) is 18.9 Å². The molecule has 0 aromatic heterocycles. The lowest BCUT2D eigenvalue weighted by Crippen LogP contribution is -2.35. The van der Waals surface area contributed by atoms with Gasteiger partial charge in [0.1, 0.15) is 5.75 Å². The highest BCUT2D eigenvalue weighted by atomic mass is 79.9. The van der Waals surface area contributed by atoms with Gasteiger partial charge in [-0.15, -0.1) is 0 Å². The molecule has 102 valence electrons. The number of likely N-dealkylation sites (N-methyl/N-ethyl adjacent to an activating group) is 1. The maximum Gasteiger partial charge on any atom is 0.161 e. The van der Waals surface area contributed by atoms with Crippen LogP contribution >= 0.6 is 31.9 Å². The highest BCUT2D eigenvalue weighted by Crippen LogP contribution is 2.34. The molecule has 19 heavy (non-hydrogen) atoms. The Morgan fingerprint density at radius 2 is 2.00 bits per heavy atom. The van der Waals surface area contributed by atoms with Gasteiger partial charge in [0.2, 0.25) is 0 Å². The molecule has 1 N–H and O–H groups in total. The lowest BCUT2D eigenvalue weighted by Gasteiger charge is -2.26. The van der Waals surface area contributed by atoms with E-state index in [4.69, 9.17) is 0 Å². The van der Waals surface area contributed by atoms with Gasteiger partial charge in [-0.1, -0.05) is 6.92 Å². The van der Waals surface area contributed by atoms with E-state index in [1.165, 1.54) is 0 Å². The summed E-state index contributed by atoms with van der Waals surface area (Å²) in [6, 6.07) is 3.62. The van der Waals surface area contributed by atoms with Crippen molar-refractivity contribution in [1.29, 1.82) is 0 Å². The molecule has 3 nitrogen and oxygen atoms in total. The number of piperidine rings is 1. The van der Waals surface area contributed by atoms with Crippen molar-refractivity contribution in [3.8, 4) is 5.75 Å². The first-order valence-electron chi connectivity index (χ1n) is 6.15. The Balaban J connectivity index is 2.31. The molecule has 0 aliphatic carbocycles. The van der Waals surface area contributed by atoms with Crippen molar-refractivity contribution >= 4 is 43.7 Å². The summed E-state index contributed by atoms with van der Waals surface area (Å²) in [5, 5.41) is 9.68. The number of hydrogen-bond donors (Lipinski definition) is 1. The quantitative estimate of drug-likeness (QED) is 0.787. The number of nitrogens with zero attached hydrogens (tertiary/aromatic N) is 1. The average molecular weight is 389 g/mol. The number of Topliss-reactive ketones (excluding diaryl/α,β-unsaturated/α-hetero) is 1. The number of aromatic hydroxyl groups is 1. The lowest BCUT2D eigenvalue weighted by atomic mass is 10.0. The second kappa shape index (κ2) is 6.20. The zero-order valence-electron chi connectivity index (χ0n) is 10.6. The highest BCUT2D eigenvalue weighted by Gasteiger charge is 2.20. The minimum Gasteiger partial charge on any atom is -0.506 e. The minimum atomic E-state index is 0.173. The maximum atomic E-state index is 11.9. The Kier molecular flexibility index (Phi) is 4.81. The van der Waals surface area contributed by atoms with E-state index in [0.29, 0.717) is 21.9 Å². The molecule has 1 aliphatic rings. The molecule has 1 fully saturated rings. The summed E-state index contributed by atoms with van der Waals surface area (Å²) >= 11 is 6.60. The van der Waals surface area contributed by atoms with Crippen molar-refractivity contribution in [2.75, 3.05) is 19.6 Å². The van der Waals surface area contributed by atoms with E-state index in [2.05, 4.69) is 43.7 Å². The second-order valence-corrected chi connectivity index (χ2v) is 6.25. The molecule has 1 aromatic carbocycles. The van der Waals surface area contributed by atoms with Crippen LogP contribution in [0.3, 0.4) is 0 Å². The van der Waals surface area contributed by atoms with Gasteiger partial charge in [0.05, 0.1) is 8.95 Å². The Hall–Kier alpha value is -0.650. The van der Waals surface area contributed by atoms with E-state index in [1.807, 2.05) is 18.2 Å². The highest BCUT2D eigenvalue weighted by molar-refractivity contribution is 9.11. The standard InChI is InChI=1S/C14H15Br2NO2/c1-2-17-4-3-13(18)10(8-17)5-9-6-11(15)14(19)12(16)7-9/h5-7,19H,2-4,8H2,1H3/b10-5+. The third-order valence-corrected chi connectivity index (χ3v) is 4.44. The normalized spacial score (nSPS) is 19.1. The first-order chi connectivity index (χ1) is 9.01. The number of phenolic OH excluding ortho intramolecular Hbond substituents is 1. The van der Waals surface area contributed by atoms with Gasteiger partial charge in [0.25, 0.3) is 0 Å². The Labute approximate surface area is 129 Å². The van der Waals surface area contributed by atoms with Crippen molar-refractivity contribution in [2.24, 2.45) is 0 Å². The molecule has 0 atom stereocenters. The fraction of sp³-hybridized carbons (Fsp3) is 0.357. The number of hydrogen-bond acceptors (Lipinski definition) is 3. The van der Waals surface area contributed by atoms with Crippen LogP contribution in [0.25, 0.3) is 6.08 Å². The summed E-state index contributed by atoms with van der Waals surface area (Å²) in [4.78, 5) is 14.2. The minimum absolute atomic E-state index is 0.173. The maximum absolute atomic E-state index is 11.9. The van der Waals surface area contributed by atoms with Crippen LogP contribution < -0.4 is 0 Å². The third kappa shape index (κ3) is 3.46. The summed E-state index contributed by atoms with van der Waals surface area (Å²) in [7, 11) is 0. The van der Waals surface area contributed by atoms with Crippen molar-refractivity contribution < 1.29 is 9.90 Å². The van der Waals surface area contributed by atoms with Crippen molar-refractivity contribution in [3.05, 3.63) is 32.2 Å². The van der Waals surface area contributed by atoms with E-state index >= 15 is 0 Å². The Bertz CT molecular complexity index is 517. The number of likely N-dealkylation sites (tertiary alicyclic amines) is 1. The molecular formula is C14H15Br2NO2. The van der Waals surface area contributed by atoms with Gasteiger partial charge in [0.15, 0.2) is 5.78 Å². The number of benzene rings is 1. The smallest absolute Gasteiger partial charge is 0.161 e. The van der Waals surface area contributed by atoms with Crippen LogP contribution in [-0.2, 0) is 4.79 Å². The predicted molar refractivity (Wildman–Crippen MR) is 83.2 cm³/mol. The lowest BCUT2D eigenvalue weighted by molar-refractivity contribution is -0.117. The molecule has 2 rings (SSSR count). The van der Waals surface area contributed by atoms with Crippen molar-refractivity contribution in [1.82, 2.24) is 4.90 Å². The molecule has 1 saturated heterocycles. The topological polar surface area (TPSA) is 40.5 Å². The summed E-state index contributed by atoms with van der Waals surface area (Å²) < 4.78 is 1.23. The van der Waals surface area contributed by atoms with E-state index in [1.54, 1.807) is 0 Å². The van der Waals surface area contributed by atoms with E-state index in [0.717, 1.165) is 24.2 Å². The molecule has 1 aliphatic heterocycles. The fourth-order valence-electron chi connectivity index (χ4n) is 2.09. The molecule has 1 heterocycles. The van der Waals surface area contributed by atoms with Gasteiger partial charge in [-0.3, -0.25) is 9.69 Å². The van der Waals surface area contributed by atoms with Gasteiger partial charge in [-0.05, 0) is 62.2 Å². The largest absolute Gasteiger partial charge is 0.506 e. The summed E-state index contributed by atoms with van der Waals surface area (Å²) in [5.41, 5.74) is 1.73. The molecule has 5 heteroatoms. The van der Waals surface area contributed by atoms with Crippen LogP contribution in [0.15, 0.2) is 26.7 Å². The van der Waals surface area contributed by atoms with Gasteiger partial charge >= 0.3 is 0 Å². The monoisotopic (exact) mass is 387 g/mol. The predicted octanol–water partition coefficient (Wildman–Crippen LogP) is 3.60. The van der Waals surface area contributed by atoms with Gasteiger partial charge in [0, 0.05) is 25.1 Å². The first kappa shape index (κ1) is 14.8. The SMILES string of the molecule is CCN1CCC(=O)/C(=C/c2cc(Br)c(O)c(Br)c2)C1. The van der Waals surface area contributed by atoms with Gasteiger partial charge in [-0.25, -0.2) is 0 Å². The number of phenols is 1. The Morgan fingerprint density at radius 1 is 1.37 bits per heavy atom. The molecule has 1 aromatic rings. The molecule has 0 spiro atoms. The molecule has 0 unspecified atom stereocenters. The van der Waals surface area contributed by atoms with Crippen LogP contribution in [-0.4, -0.2) is 35.4 Å². The van der Waals surface area contributed by atoms with Crippen LogP contribution in [0.5, 0.6) is 5.75 Å². The third-order valence-electron chi connectivity index (χ3n) is 3.23. The van der Waals surface area contributed by atoms with Crippen molar-refractivity contribution in [3.63, 3.8) is 0 Å². The van der Waals surface area contributed by atoms with Crippen molar-refractivity contribution in [2.45, 2.75) is 13.3 Å². The molecule has 0 saturated carbocycles. The zero-order valence-corrected chi connectivity index (χ0v) is 13.8. The molecule has 0 radical (unpaired) electrons. The van der Waals surface area contributed by atoms with Gasteiger partial charge < -0.3 is 5.11 Å². The number of carbonyl (C=O) groups excluding carboxylic acids is 1. The van der Waals surface area contributed by atoms with Crippen LogP contribution in [0, 0.1) is 0 Å².